The van der Waals surface area contributed by atoms with E-state index in [9.17, 15) is 22.6 Å². The molecule has 3 amide bonds. The van der Waals surface area contributed by atoms with Crippen molar-refractivity contribution < 1.29 is 61.2 Å². The van der Waals surface area contributed by atoms with Crippen LogP contribution in [0.25, 0.3) is 0 Å². The van der Waals surface area contributed by atoms with Gasteiger partial charge in [-0.25, -0.2) is 18.7 Å². The van der Waals surface area contributed by atoms with Gasteiger partial charge in [-0.2, -0.15) is 9.35 Å². The van der Waals surface area contributed by atoms with Gasteiger partial charge in [0.2, 0.25) is 10.4 Å². The molecule has 0 aliphatic carbocycles. The molecular formula is C11H19N4NaO7S. The van der Waals surface area contributed by atoms with Gasteiger partial charge in [0.15, 0.2) is 0 Å². The summed E-state index contributed by atoms with van der Waals surface area (Å²) in [6, 6.07) is -2.17. The van der Waals surface area contributed by atoms with E-state index in [2.05, 4.69) is 9.76 Å². The van der Waals surface area contributed by atoms with E-state index in [1.807, 2.05) is 19.0 Å². The number of likely N-dealkylation sites (N-methyl/N-ethyl adjacent to an activating group) is 1. The number of carbonyl (C=O) groups excluding carboxylic acids is 2. The fourth-order valence-electron chi connectivity index (χ4n) is 2.52. The molecular weight excluding hydrogens is 355 g/mol. The number of nitrogens with zero attached hydrogens (tertiary/aromatic N) is 3. The van der Waals surface area contributed by atoms with Crippen LogP contribution >= 0.6 is 0 Å². The van der Waals surface area contributed by atoms with Crippen LogP contribution in [-0.2, 0) is 24.3 Å². The first-order valence-corrected chi connectivity index (χ1v) is 8.34. The fourth-order valence-corrected chi connectivity index (χ4v) is 2.90. The summed E-state index contributed by atoms with van der Waals surface area (Å²) in [5.41, 5.74) is 2.28. The van der Waals surface area contributed by atoms with E-state index >= 15 is 0 Å². The number of urea groups is 1. The van der Waals surface area contributed by atoms with Gasteiger partial charge in [0, 0.05) is 13.1 Å². The first-order valence-electron chi connectivity index (χ1n) is 7.00. The Hall–Kier alpha value is -0.470. The van der Waals surface area contributed by atoms with Gasteiger partial charge in [0.05, 0.1) is 12.6 Å². The van der Waals surface area contributed by atoms with E-state index in [1.54, 1.807) is 0 Å². The molecule has 2 heterocycles. The Bertz CT molecular complexity index is 573. The van der Waals surface area contributed by atoms with Crippen molar-refractivity contribution in [3.63, 3.8) is 0 Å². The van der Waals surface area contributed by atoms with Crippen LogP contribution in [0, 0.1) is 0 Å². The van der Waals surface area contributed by atoms with Crippen molar-refractivity contribution in [1.29, 1.82) is 0 Å². The number of rotatable bonds is 7. The number of hydroxylamine groups is 3. The van der Waals surface area contributed by atoms with Gasteiger partial charge in [-0.1, -0.05) is 0 Å². The van der Waals surface area contributed by atoms with Gasteiger partial charge >= 0.3 is 35.6 Å². The summed E-state index contributed by atoms with van der Waals surface area (Å²) < 4.78 is 36.2. The van der Waals surface area contributed by atoms with Crippen LogP contribution in [0.5, 0.6) is 0 Å². The van der Waals surface area contributed by atoms with Crippen molar-refractivity contribution in [1.82, 2.24) is 20.3 Å². The molecule has 2 saturated heterocycles. The second-order valence-electron chi connectivity index (χ2n) is 5.61. The molecule has 2 aliphatic rings. The molecule has 2 aliphatic heterocycles. The summed E-state index contributed by atoms with van der Waals surface area (Å²) in [6.45, 7) is 1.01. The van der Waals surface area contributed by atoms with Crippen LogP contribution in [-0.4, -0.2) is 85.6 Å². The summed E-state index contributed by atoms with van der Waals surface area (Å²) in [4.78, 5) is 32.3. The summed E-state index contributed by atoms with van der Waals surface area (Å²) in [6.07, 6.45) is 0.658. The number of piperidine rings is 1. The molecule has 11 nitrogen and oxygen atoms in total. The standard InChI is InChI=1S/C11H20N4O7S.Na/c1-13(2)5-6-21-12-10(16)9-4-3-8-7-14(9)11(17)15(8)22-23(18,19)20;/h8-9H,3-7H2,1-2H3,(H,12,16)(H,18,19,20);/q;+1/p-1/t8-,9+;/m1./s1. The van der Waals surface area contributed by atoms with Crippen molar-refractivity contribution in [3.8, 4) is 0 Å². The molecule has 132 valence electrons. The summed E-state index contributed by atoms with van der Waals surface area (Å²) in [5.74, 6) is -0.498. The molecule has 2 rings (SSSR count). The van der Waals surface area contributed by atoms with Crippen LogP contribution in [0.4, 0.5) is 4.79 Å². The molecule has 0 radical (unpaired) electrons. The minimum absolute atomic E-state index is 0. The Morgan fingerprint density at radius 2 is 2.08 bits per heavy atom. The second-order valence-corrected chi connectivity index (χ2v) is 6.57. The largest absolute Gasteiger partial charge is 1.00 e. The number of hydrogen-bond acceptors (Lipinski definition) is 8. The quantitative estimate of drug-likeness (QED) is 0.155. The van der Waals surface area contributed by atoms with Gasteiger partial charge in [0.1, 0.15) is 6.04 Å². The third-order valence-corrected chi connectivity index (χ3v) is 3.95. The number of hydrogen-bond donors (Lipinski definition) is 1. The maximum Gasteiger partial charge on any atom is 1.00 e. The van der Waals surface area contributed by atoms with Gasteiger partial charge in [-0.15, -0.1) is 0 Å². The smallest absolute Gasteiger partial charge is 0.724 e. The third kappa shape index (κ3) is 5.52. The first kappa shape index (κ1) is 21.6. The molecule has 0 aromatic carbocycles. The maximum absolute atomic E-state index is 12.1. The minimum atomic E-state index is -5.04. The second kappa shape index (κ2) is 8.76. The predicted molar refractivity (Wildman–Crippen MR) is 74.2 cm³/mol. The summed E-state index contributed by atoms with van der Waals surface area (Å²) >= 11 is 0. The molecule has 24 heavy (non-hydrogen) atoms. The Labute approximate surface area is 162 Å². The molecule has 13 heteroatoms. The van der Waals surface area contributed by atoms with Gasteiger partial charge in [-0.05, 0) is 26.9 Å². The molecule has 0 spiro atoms. The molecule has 0 saturated carbocycles. The van der Waals surface area contributed by atoms with E-state index < -0.39 is 34.4 Å². The number of amides is 3. The van der Waals surface area contributed by atoms with E-state index in [1.165, 1.54) is 4.90 Å². The molecule has 2 bridgehead atoms. The molecule has 2 atom stereocenters. The van der Waals surface area contributed by atoms with E-state index in [0.717, 1.165) is 0 Å². The molecule has 2 fully saturated rings. The number of nitrogens with one attached hydrogen (secondary N) is 1. The zero-order valence-corrected chi connectivity index (χ0v) is 16.6. The molecule has 1 N–H and O–H groups in total. The molecule has 0 aromatic rings. The first-order chi connectivity index (χ1) is 10.7. The normalized spacial score (nSPS) is 23.4. The predicted octanol–water partition coefficient (Wildman–Crippen LogP) is -4.74. The fraction of sp³-hybridized carbons (Fsp3) is 0.818. The maximum atomic E-state index is 12.1. The monoisotopic (exact) mass is 374 g/mol. The summed E-state index contributed by atoms with van der Waals surface area (Å²) in [5, 5.41) is 0.530. The Kier molecular flexibility index (Phi) is 7.87. The van der Waals surface area contributed by atoms with Crippen molar-refractivity contribution in [3.05, 3.63) is 0 Å². The minimum Gasteiger partial charge on any atom is -0.724 e. The van der Waals surface area contributed by atoms with Crippen molar-refractivity contribution >= 4 is 22.3 Å². The van der Waals surface area contributed by atoms with Crippen molar-refractivity contribution in [2.45, 2.75) is 24.9 Å². The SMILES string of the molecule is CN(C)CCONC(=O)[C@@H]1CC[C@@H]2CN1C(=O)N2OS(=O)(=O)[O-].[Na+]. The molecule has 0 aromatic heterocycles. The Morgan fingerprint density at radius 3 is 2.67 bits per heavy atom. The van der Waals surface area contributed by atoms with Gasteiger partial charge in [-0.3, -0.25) is 9.63 Å². The van der Waals surface area contributed by atoms with Crippen LogP contribution < -0.4 is 35.0 Å². The molecule has 0 unspecified atom stereocenters. The zero-order chi connectivity index (χ0) is 17.2. The number of fused-ring (bicyclic) bond motifs is 2. The van der Waals surface area contributed by atoms with Gasteiger partial charge in [0.25, 0.3) is 5.91 Å². The van der Waals surface area contributed by atoms with Crippen LogP contribution in [0.2, 0.25) is 0 Å². The van der Waals surface area contributed by atoms with E-state index in [4.69, 9.17) is 4.84 Å². The van der Waals surface area contributed by atoms with Crippen LogP contribution in [0.1, 0.15) is 12.8 Å². The van der Waals surface area contributed by atoms with Crippen molar-refractivity contribution in [2.24, 2.45) is 0 Å². The summed E-state index contributed by atoms with van der Waals surface area (Å²) in [7, 11) is -1.33. The van der Waals surface area contributed by atoms with Gasteiger partial charge < -0.3 is 14.4 Å². The number of carbonyl (C=O) groups is 2. The van der Waals surface area contributed by atoms with E-state index in [-0.39, 0.29) is 42.7 Å². The Balaban J connectivity index is 0.00000288. The van der Waals surface area contributed by atoms with Crippen molar-refractivity contribution in [2.75, 3.05) is 33.8 Å². The van der Waals surface area contributed by atoms with Crippen LogP contribution in [0.15, 0.2) is 0 Å². The third-order valence-electron chi connectivity index (χ3n) is 3.61. The average Bonchev–Trinajstić information content (AvgIpc) is 2.67. The Morgan fingerprint density at radius 1 is 1.42 bits per heavy atom. The van der Waals surface area contributed by atoms with E-state index in [0.29, 0.717) is 24.4 Å². The van der Waals surface area contributed by atoms with Crippen LogP contribution in [0.3, 0.4) is 0 Å². The average molecular weight is 374 g/mol. The topological polar surface area (TPSA) is 132 Å². The zero-order valence-electron chi connectivity index (χ0n) is 13.8.